The van der Waals surface area contributed by atoms with Crippen LogP contribution in [0.1, 0.15) is 30.5 Å². The van der Waals surface area contributed by atoms with Gasteiger partial charge in [-0.3, -0.25) is 4.90 Å². The highest BCUT2D eigenvalue weighted by molar-refractivity contribution is 5.79. The van der Waals surface area contributed by atoms with Gasteiger partial charge >= 0.3 is 0 Å². The Bertz CT molecular complexity index is 751. The van der Waals surface area contributed by atoms with E-state index in [0.29, 0.717) is 6.54 Å². The summed E-state index contributed by atoms with van der Waals surface area (Å²) in [5.74, 6) is 0.864. The van der Waals surface area contributed by atoms with Gasteiger partial charge in [-0.2, -0.15) is 0 Å². The summed E-state index contributed by atoms with van der Waals surface area (Å²) in [6.07, 6.45) is 0. The minimum absolute atomic E-state index is 0.680. The van der Waals surface area contributed by atoms with E-state index >= 15 is 0 Å². The first kappa shape index (κ1) is 21.3. The molecule has 0 saturated carbocycles. The van der Waals surface area contributed by atoms with Gasteiger partial charge in [-0.05, 0) is 30.2 Å². The summed E-state index contributed by atoms with van der Waals surface area (Å²) in [7, 11) is 0. The lowest BCUT2D eigenvalue weighted by molar-refractivity contribution is 0.131. The molecule has 0 bridgehead atoms. The smallest absolute Gasteiger partial charge is 0.191 e. The highest BCUT2D eigenvalue weighted by atomic mass is 15.3. The van der Waals surface area contributed by atoms with Crippen molar-refractivity contribution < 1.29 is 0 Å². The number of hydrogen-bond acceptors (Lipinski definition) is 3. The molecular weight excluding hydrogens is 358 g/mol. The van der Waals surface area contributed by atoms with Crippen LogP contribution >= 0.6 is 0 Å². The second kappa shape index (κ2) is 11.6. The summed E-state index contributed by atoms with van der Waals surface area (Å²) >= 11 is 0. The maximum absolute atomic E-state index is 4.74. The number of nitrogens with one attached hydrogen (secondary N) is 2. The van der Waals surface area contributed by atoms with E-state index < -0.39 is 0 Å². The van der Waals surface area contributed by atoms with Crippen molar-refractivity contribution in [3.05, 3.63) is 71.3 Å². The van der Waals surface area contributed by atoms with Crippen LogP contribution in [0.25, 0.3) is 0 Å². The van der Waals surface area contributed by atoms with Gasteiger partial charge in [0.05, 0.1) is 6.54 Å². The molecule has 156 valence electrons. The summed E-state index contributed by atoms with van der Waals surface area (Å²) in [5, 5.41) is 6.87. The highest BCUT2D eigenvalue weighted by Gasteiger charge is 2.16. The molecule has 0 radical (unpaired) electrons. The zero-order valence-electron chi connectivity index (χ0n) is 17.9. The number of piperazine rings is 1. The summed E-state index contributed by atoms with van der Waals surface area (Å²) < 4.78 is 0. The van der Waals surface area contributed by atoms with Crippen molar-refractivity contribution in [1.29, 1.82) is 0 Å². The Kier molecular flexibility index (Phi) is 8.53. The molecule has 2 N–H and O–H groups in total. The molecule has 0 spiro atoms. The van der Waals surface area contributed by atoms with Crippen LogP contribution in [-0.2, 0) is 19.6 Å². The average Bonchev–Trinajstić information content (AvgIpc) is 2.78. The van der Waals surface area contributed by atoms with Gasteiger partial charge < -0.3 is 15.5 Å². The zero-order valence-corrected chi connectivity index (χ0v) is 17.9. The van der Waals surface area contributed by atoms with Crippen LogP contribution < -0.4 is 10.6 Å². The Morgan fingerprint density at radius 1 is 0.828 bits per heavy atom. The third-order valence-corrected chi connectivity index (χ3v) is 5.48. The predicted molar refractivity (Wildman–Crippen MR) is 122 cm³/mol. The topological polar surface area (TPSA) is 42.9 Å². The molecule has 29 heavy (non-hydrogen) atoms. The van der Waals surface area contributed by atoms with Gasteiger partial charge in [0, 0.05) is 45.8 Å². The van der Waals surface area contributed by atoms with Crippen molar-refractivity contribution >= 4 is 5.96 Å². The first-order valence-electron chi connectivity index (χ1n) is 10.9. The summed E-state index contributed by atoms with van der Waals surface area (Å²) in [6.45, 7) is 13.5. The van der Waals surface area contributed by atoms with Crippen molar-refractivity contribution in [3.8, 4) is 0 Å². The van der Waals surface area contributed by atoms with Crippen molar-refractivity contribution in [3.63, 3.8) is 0 Å². The third kappa shape index (κ3) is 6.87. The summed E-state index contributed by atoms with van der Waals surface area (Å²) in [6, 6.07) is 19.1. The Balaban J connectivity index is 1.58. The largest absolute Gasteiger partial charge is 0.357 e. The molecule has 1 heterocycles. The van der Waals surface area contributed by atoms with E-state index in [4.69, 9.17) is 4.99 Å². The van der Waals surface area contributed by atoms with Crippen molar-refractivity contribution in [2.75, 3.05) is 39.3 Å². The van der Waals surface area contributed by atoms with E-state index in [9.17, 15) is 0 Å². The Labute approximate surface area is 175 Å². The second-order valence-corrected chi connectivity index (χ2v) is 7.51. The normalized spacial score (nSPS) is 16.0. The SMILES string of the molecule is CCNC(=NCc1ccccc1)NCc1ccccc1CN1CCN(CC)CC1. The quantitative estimate of drug-likeness (QED) is 0.534. The Morgan fingerprint density at radius 3 is 2.17 bits per heavy atom. The predicted octanol–water partition coefficient (Wildman–Crippen LogP) is 3.08. The molecule has 1 aliphatic heterocycles. The first-order valence-corrected chi connectivity index (χ1v) is 10.9. The maximum atomic E-state index is 4.74. The second-order valence-electron chi connectivity index (χ2n) is 7.51. The van der Waals surface area contributed by atoms with E-state index in [1.165, 1.54) is 29.8 Å². The van der Waals surface area contributed by atoms with Crippen molar-refractivity contribution in [1.82, 2.24) is 20.4 Å². The van der Waals surface area contributed by atoms with Crippen molar-refractivity contribution in [2.24, 2.45) is 4.99 Å². The molecule has 1 saturated heterocycles. The lowest BCUT2D eigenvalue weighted by atomic mass is 10.1. The summed E-state index contributed by atoms with van der Waals surface area (Å²) in [4.78, 5) is 9.83. The molecule has 3 rings (SSSR count). The van der Waals surface area contributed by atoms with E-state index in [2.05, 4.69) is 82.8 Å². The van der Waals surface area contributed by atoms with Crippen LogP contribution in [0.5, 0.6) is 0 Å². The molecule has 1 fully saturated rings. The average molecular weight is 394 g/mol. The number of rotatable bonds is 8. The molecule has 0 amide bonds. The molecule has 5 nitrogen and oxygen atoms in total. The molecule has 0 aromatic heterocycles. The first-order chi connectivity index (χ1) is 14.3. The van der Waals surface area contributed by atoms with Gasteiger partial charge in [-0.15, -0.1) is 0 Å². The number of hydrogen-bond donors (Lipinski definition) is 2. The maximum Gasteiger partial charge on any atom is 0.191 e. The number of nitrogens with zero attached hydrogens (tertiary/aromatic N) is 3. The van der Waals surface area contributed by atoms with E-state index in [0.717, 1.165) is 45.2 Å². The molecule has 0 unspecified atom stereocenters. The molecule has 2 aromatic carbocycles. The number of benzene rings is 2. The number of likely N-dealkylation sites (N-methyl/N-ethyl adjacent to an activating group) is 1. The van der Waals surface area contributed by atoms with Crippen LogP contribution in [-0.4, -0.2) is 55.0 Å². The lowest BCUT2D eigenvalue weighted by Gasteiger charge is -2.34. The fourth-order valence-corrected chi connectivity index (χ4v) is 3.66. The van der Waals surface area contributed by atoms with Gasteiger partial charge in [0.1, 0.15) is 0 Å². The minimum Gasteiger partial charge on any atom is -0.357 e. The molecule has 5 heteroatoms. The Hall–Kier alpha value is -2.37. The van der Waals surface area contributed by atoms with Crippen LogP contribution in [0.4, 0.5) is 0 Å². The molecule has 1 aliphatic rings. The Morgan fingerprint density at radius 2 is 1.48 bits per heavy atom. The fourth-order valence-electron chi connectivity index (χ4n) is 3.66. The van der Waals surface area contributed by atoms with Crippen molar-refractivity contribution in [2.45, 2.75) is 33.5 Å². The summed E-state index contributed by atoms with van der Waals surface area (Å²) in [5.41, 5.74) is 3.97. The van der Waals surface area contributed by atoms with Crippen LogP contribution in [0.15, 0.2) is 59.6 Å². The van der Waals surface area contributed by atoms with Gasteiger partial charge in [0.2, 0.25) is 0 Å². The van der Waals surface area contributed by atoms with Gasteiger partial charge in [0.25, 0.3) is 0 Å². The molecule has 0 atom stereocenters. The van der Waals surface area contributed by atoms with Crippen LogP contribution in [0.2, 0.25) is 0 Å². The monoisotopic (exact) mass is 393 g/mol. The van der Waals surface area contributed by atoms with Crippen LogP contribution in [0, 0.1) is 0 Å². The molecule has 0 aliphatic carbocycles. The number of guanidine groups is 1. The van der Waals surface area contributed by atoms with Gasteiger partial charge in [-0.25, -0.2) is 4.99 Å². The fraction of sp³-hybridized carbons (Fsp3) is 0.458. The van der Waals surface area contributed by atoms with E-state index in [-0.39, 0.29) is 0 Å². The third-order valence-electron chi connectivity index (χ3n) is 5.48. The van der Waals surface area contributed by atoms with E-state index in [1.54, 1.807) is 0 Å². The number of aliphatic imine (C=N–C) groups is 1. The van der Waals surface area contributed by atoms with Gasteiger partial charge in [0.15, 0.2) is 5.96 Å². The molecular formula is C24H35N5. The van der Waals surface area contributed by atoms with Gasteiger partial charge in [-0.1, -0.05) is 61.5 Å². The minimum atomic E-state index is 0.680. The molecule has 2 aromatic rings. The standard InChI is InChI=1S/C24H35N5/c1-3-25-24(26-18-21-10-6-5-7-11-21)27-19-22-12-8-9-13-23(22)20-29-16-14-28(4-2)15-17-29/h5-13H,3-4,14-20H2,1-2H3,(H2,25,26,27). The van der Waals surface area contributed by atoms with Crippen LogP contribution in [0.3, 0.4) is 0 Å². The highest BCUT2D eigenvalue weighted by Crippen LogP contribution is 2.13. The van der Waals surface area contributed by atoms with E-state index in [1.807, 2.05) is 6.07 Å². The zero-order chi connectivity index (χ0) is 20.3. The lowest BCUT2D eigenvalue weighted by Crippen LogP contribution is -2.45.